The molecule has 4 heteroatoms. The molecule has 1 aliphatic heterocycles. The van der Waals surface area contributed by atoms with Gasteiger partial charge >= 0.3 is 0 Å². The van der Waals surface area contributed by atoms with Crippen molar-refractivity contribution in [1.29, 1.82) is 0 Å². The molecule has 0 saturated carbocycles. The van der Waals surface area contributed by atoms with Crippen molar-refractivity contribution in [2.24, 2.45) is 4.99 Å². The first-order valence-electron chi connectivity index (χ1n) is 7.90. The second kappa shape index (κ2) is 8.02. The maximum absolute atomic E-state index is 4.81. The van der Waals surface area contributed by atoms with Crippen LogP contribution in [0.5, 0.6) is 0 Å². The number of rotatable bonds is 5. The zero-order valence-electron chi connectivity index (χ0n) is 13.2. The lowest BCUT2D eigenvalue weighted by Crippen LogP contribution is -2.30. The number of benzene rings is 2. The standard InChI is InChI=1S/C19H21BrN2S/c1-15(17-10-6-3-7-11-17)22(14-16-8-4-2-5-9-16)19-21-13-18(12-20)23-19/h2-11,15,18H,12-14H2,1H3. The van der Waals surface area contributed by atoms with Crippen LogP contribution in [-0.2, 0) is 6.54 Å². The molecule has 0 saturated heterocycles. The minimum atomic E-state index is 0.303. The first-order valence-corrected chi connectivity index (χ1v) is 9.90. The van der Waals surface area contributed by atoms with Crippen molar-refractivity contribution in [2.45, 2.75) is 24.8 Å². The lowest BCUT2D eigenvalue weighted by atomic mass is 10.1. The summed E-state index contributed by atoms with van der Waals surface area (Å²) >= 11 is 5.48. The summed E-state index contributed by atoms with van der Waals surface area (Å²) in [5.74, 6) is 0. The van der Waals surface area contributed by atoms with Crippen LogP contribution in [0.3, 0.4) is 0 Å². The minimum Gasteiger partial charge on any atom is -0.340 e. The highest BCUT2D eigenvalue weighted by molar-refractivity contribution is 9.09. The number of thioether (sulfide) groups is 1. The number of hydrogen-bond donors (Lipinski definition) is 0. The van der Waals surface area contributed by atoms with E-state index in [0.717, 1.165) is 23.6 Å². The van der Waals surface area contributed by atoms with Crippen molar-refractivity contribution in [3.05, 3.63) is 71.8 Å². The summed E-state index contributed by atoms with van der Waals surface area (Å²) in [6.07, 6.45) is 0. The molecule has 2 aromatic carbocycles. The van der Waals surface area contributed by atoms with Gasteiger partial charge in [-0.25, -0.2) is 0 Å². The molecule has 2 aromatic rings. The molecular weight excluding hydrogens is 368 g/mol. The van der Waals surface area contributed by atoms with E-state index in [4.69, 9.17) is 4.99 Å². The van der Waals surface area contributed by atoms with Gasteiger partial charge in [-0.1, -0.05) is 88.4 Å². The molecule has 2 nitrogen and oxygen atoms in total. The van der Waals surface area contributed by atoms with E-state index in [0.29, 0.717) is 11.3 Å². The third-order valence-corrected chi connectivity index (χ3v) is 6.50. The van der Waals surface area contributed by atoms with Crippen LogP contribution in [0, 0.1) is 0 Å². The lowest BCUT2D eigenvalue weighted by molar-refractivity contribution is 0.336. The van der Waals surface area contributed by atoms with Crippen LogP contribution >= 0.6 is 27.7 Å². The van der Waals surface area contributed by atoms with Gasteiger partial charge in [0.25, 0.3) is 0 Å². The summed E-state index contributed by atoms with van der Waals surface area (Å²) in [6.45, 7) is 4.05. The fraction of sp³-hybridized carbons (Fsp3) is 0.316. The molecule has 0 amide bonds. The molecule has 1 heterocycles. The zero-order valence-corrected chi connectivity index (χ0v) is 15.6. The third-order valence-electron chi connectivity index (χ3n) is 4.07. The number of amidine groups is 1. The Hall–Kier alpha value is -1.26. The van der Waals surface area contributed by atoms with E-state index in [1.165, 1.54) is 11.1 Å². The lowest BCUT2D eigenvalue weighted by Gasteiger charge is -2.31. The van der Waals surface area contributed by atoms with Crippen molar-refractivity contribution >= 4 is 32.9 Å². The summed E-state index contributed by atoms with van der Waals surface area (Å²) in [7, 11) is 0. The van der Waals surface area contributed by atoms with Crippen molar-refractivity contribution in [3.8, 4) is 0 Å². The van der Waals surface area contributed by atoms with Crippen molar-refractivity contribution in [3.63, 3.8) is 0 Å². The molecule has 1 aliphatic rings. The van der Waals surface area contributed by atoms with Crippen molar-refractivity contribution in [2.75, 3.05) is 11.9 Å². The average molecular weight is 389 g/mol. The van der Waals surface area contributed by atoms with Crippen LogP contribution in [0.4, 0.5) is 0 Å². The number of alkyl halides is 1. The van der Waals surface area contributed by atoms with E-state index in [1.54, 1.807) is 0 Å². The van der Waals surface area contributed by atoms with Crippen LogP contribution in [0.25, 0.3) is 0 Å². The average Bonchev–Trinajstić information content (AvgIpc) is 3.09. The first-order chi connectivity index (χ1) is 11.3. The second-order valence-electron chi connectivity index (χ2n) is 5.72. The highest BCUT2D eigenvalue weighted by Gasteiger charge is 2.27. The van der Waals surface area contributed by atoms with Gasteiger partial charge in [-0.15, -0.1) is 0 Å². The summed E-state index contributed by atoms with van der Waals surface area (Å²) in [5, 5.41) is 2.70. The first kappa shape index (κ1) is 16.6. The van der Waals surface area contributed by atoms with Crippen molar-refractivity contribution in [1.82, 2.24) is 4.90 Å². The smallest absolute Gasteiger partial charge is 0.160 e. The van der Waals surface area contributed by atoms with Crippen LogP contribution < -0.4 is 0 Å². The van der Waals surface area contributed by atoms with Crippen LogP contribution in [0.1, 0.15) is 24.1 Å². The largest absolute Gasteiger partial charge is 0.340 e. The monoisotopic (exact) mass is 388 g/mol. The van der Waals surface area contributed by atoms with Gasteiger partial charge < -0.3 is 4.90 Å². The fourth-order valence-corrected chi connectivity index (χ4v) is 4.32. The SMILES string of the molecule is CC(c1ccccc1)N(Cc1ccccc1)C1=NCC(CBr)S1. The number of halogens is 1. The Balaban J connectivity index is 1.84. The molecule has 2 atom stereocenters. The topological polar surface area (TPSA) is 15.6 Å². The van der Waals surface area contributed by atoms with E-state index < -0.39 is 0 Å². The number of nitrogens with zero attached hydrogens (tertiary/aromatic N) is 2. The van der Waals surface area contributed by atoms with E-state index in [-0.39, 0.29) is 0 Å². The molecule has 23 heavy (non-hydrogen) atoms. The Labute approximate surface area is 151 Å². The Morgan fingerprint density at radius 2 is 1.78 bits per heavy atom. The predicted octanol–water partition coefficient (Wildman–Crippen LogP) is 5.12. The van der Waals surface area contributed by atoms with Gasteiger partial charge in [0.1, 0.15) is 0 Å². The molecule has 0 spiro atoms. The van der Waals surface area contributed by atoms with Crippen LogP contribution in [0.2, 0.25) is 0 Å². The van der Waals surface area contributed by atoms with Gasteiger partial charge in [-0.05, 0) is 18.1 Å². The summed E-state index contributed by atoms with van der Waals surface area (Å²) in [6, 6.07) is 21.6. The van der Waals surface area contributed by atoms with Gasteiger partial charge in [-0.3, -0.25) is 4.99 Å². The normalized spacial score (nSPS) is 18.5. The Kier molecular flexibility index (Phi) is 5.79. The van der Waals surface area contributed by atoms with E-state index in [2.05, 4.69) is 88.4 Å². The molecule has 0 bridgehead atoms. The highest BCUT2D eigenvalue weighted by Crippen LogP contribution is 2.31. The van der Waals surface area contributed by atoms with Crippen molar-refractivity contribution < 1.29 is 0 Å². The third kappa shape index (κ3) is 4.18. The maximum atomic E-state index is 4.81. The van der Waals surface area contributed by atoms with E-state index in [9.17, 15) is 0 Å². The molecule has 0 aromatic heterocycles. The summed E-state index contributed by atoms with van der Waals surface area (Å²) in [4.78, 5) is 7.24. The van der Waals surface area contributed by atoms with Gasteiger partial charge in [0.05, 0.1) is 12.6 Å². The molecule has 0 fully saturated rings. The summed E-state index contributed by atoms with van der Waals surface area (Å²) in [5.41, 5.74) is 2.65. The molecule has 120 valence electrons. The zero-order chi connectivity index (χ0) is 16.1. The van der Waals surface area contributed by atoms with Gasteiger partial charge in [-0.2, -0.15) is 0 Å². The Morgan fingerprint density at radius 1 is 1.13 bits per heavy atom. The molecule has 2 unspecified atom stereocenters. The molecule has 0 radical (unpaired) electrons. The molecule has 3 rings (SSSR count). The second-order valence-corrected chi connectivity index (χ2v) is 7.63. The van der Waals surface area contributed by atoms with Gasteiger partial charge in [0, 0.05) is 17.1 Å². The molecule has 0 N–H and O–H groups in total. The minimum absolute atomic E-state index is 0.303. The van der Waals surface area contributed by atoms with Gasteiger partial charge in [0.2, 0.25) is 0 Å². The van der Waals surface area contributed by atoms with Gasteiger partial charge in [0.15, 0.2) is 5.17 Å². The van der Waals surface area contributed by atoms with E-state index >= 15 is 0 Å². The molecule has 0 aliphatic carbocycles. The predicted molar refractivity (Wildman–Crippen MR) is 104 cm³/mol. The van der Waals surface area contributed by atoms with E-state index in [1.807, 2.05) is 11.8 Å². The molecular formula is C19H21BrN2S. The maximum Gasteiger partial charge on any atom is 0.160 e. The quantitative estimate of drug-likeness (QED) is 0.660. The Morgan fingerprint density at radius 3 is 2.39 bits per heavy atom. The Bertz CT molecular complexity index is 645. The number of hydrogen-bond acceptors (Lipinski definition) is 3. The number of aliphatic imine (C=N–C) groups is 1. The van der Waals surface area contributed by atoms with Crippen LogP contribution in [0.15, 0.2) is 65.7 Å². The fourth-order valence-electron chi connectivity index (χ4n) is 2.70. The summed E-state index contributed by atoms with van der Waals surface area (Å²) < 4.78 is 0. The highest BCUT2D eigenvalue weighted by atomic mass is 79.9. The van der Waals surface area contributed by atoms with Crippen LogP contribution in [-0.4, -0.2) is 27.2 Å².